The van der Waals surface area contributed by atoms with Gasteiger partial charge >= 0.3 is 0 Å². The van der Waals surface area contributed by atoms with Crippen LogP contribution < -0.4 is 10.9 Å². The number of aromatic amines is 1. The van der Waals surface area contributed by atoms with E-state index in [0.717, 1.165) is 15.5 Å². The number of rotatable bonds is 3. The highest BCUT2D eigenvalue weighted by Crippen LogP contribution is 2.19. The molecule has 7 heteroatoms. The van der Waals surface area contributed by atoms with Crippen molar-refractivity contribution in [3.63, 3.8) is 0 Å². The summed E-state index contributed by atoms with van der Waals surface area (Å²) in [6.07, 6.45) is 2.37. The summed E-state index contributed by atoms with van der Waals surface area (Å²) in [5, 5.41) is 4.66. The van der Waals surface area contributed by atoms with E-state index in [1.165, 1.54) is 6.20 Å². The molecular formula is C10H8BrN3O2S. The Balaban J connectivity index is 1.98. The van der Waals surface area contributed by atoms with E-state index in [-0.39, 0.29) is 17.2 Å². The average molecular weight is 314 g/mol. The van der Waals surface area contributed by atoms with Crippen LogP contribution >= 0.6 is 27.3 Å². The van der Waals surface area contributed by atoms with Gasteiger partial charge in [0.05, 0.1) is 12.7 Å². The molecule has 2 rings (SSSR count). The summed E-state index contributed by atoms with van der Waals surface area (Å²) >= 11 is 4.89. The number of hydrogen-bond acceptors (Lipinski definition) is 4. The number of H-pyrrole nitrogens is 1. The Morgan fingerprint density at radius 2 is 2.41 bits per heavy atom. The Hall–Kier alpha value is -1.47. The quantitative estimate of drug-likeness (QED) is 0.902. The maximum Gasteiger partial charge on any atom is 0.271 e. The monoisotopic (exact) mass is 313 g/mol. The first-order valence-electron chi connectivity index (χ1n) is 4.71. The van der Waals surface area contributed by atoms with Crippen LogP contribution in [0.25, 0.3) is 0 Å². The molecule has 0 aromatic carbocycles. The molecule has 0 fully saturated rings. The van der Waals surface area contributed by atoms with Gasteiger partial charge in [-0.25, -0.2) is 4.98 Å². The van der Waals surface area contributed by atoms with Crippen molar-refractivity contribution in [3.05, 3.63) is 49.2 Å². The van der Waals surface area contributed by atoms with Crippen LogP contribution in [0.5, 0.6) is 0 Å². The van der Waals surface area contributed by atoms with Gasteiger partial charge in [-0.05, 0) is 22.0 Å². The Labute approximate surface area is 109 Å². The summed E-state index contributed by atoms with van der Waals surface area (Å²) in [7, 11) is 0. The summed E-state index contributed by atoms with van der Waals surface area (Å²) in [5.74, 6) is -0.314. The maximum absolute atomic E-state index is 11.6. The van der Waals surface area contributed by atoms with E-state index in [0.29, 0.717) is 6.54 Å². The van der Waals surface area contributed by atoms with Crippen molar-refractivity contribution in [3.8, 4) is 0 Å². The zero-order valence-corrected chi connectivity index (χ0v) is 11.0. The van der Waals surface area contributed by atoms with Crippen molar-refractivity contribution in [1.82, 2.24) is 15.3 Å². The van der Waals surface area contributed by atoms with Gasteiger partial charge in [-0.1, -0.05) is 0 Å². The summed E-state index contributed by atoms with van der Waals surface area (Å²) in [6, 6.07) is 1.94. The number of halogens is 1. The smallest absolute Gasteiger partial charge is 0.271 e. The molecule has 0 atom stereocenters. The molecule has 0 spiro atoms. The van der Waals surface area contributed by atoms with Gasteiger partial charge < -0.3 is 10.3 Å². The van der Waals surface area contributed by atoms with Gasteiger partial charge in [0.25, 0.3) is 11.5 Å². The molecule has 0 radical (unpaired) electrons. The van der Waals surface area contributed by atoms with Gasteiger partial charge in [0.1, 0.15) is 5.69 Å². The fourth-order valence-corrected chi connectivity index (χ4v) is 2.56. The van der Waals surface area contributed by atoms with Crippen molar-refractivity contribution in [1.29, 1.82) is 0 Å². The molecule has 2 heterocycles. The van der Waals surface area contributed by atoms with Crippen molar-refractivity contribution in [2.24, 2.45) is 0 Å². The van der Waals surface area contributed by atoms with E-state index in [1.807, 2.05) is 11.4 Å². The molecule has 2 aromatic rings. The largest absolute Gasteiger partial charge is 0.346 e. The minimum atomic E-state index is -0.330. The van der Waals surface area contributed by atoms with E-state index < -0.39 is 0 Å². The highest BCUT2D eigenvalue weighted by Gasteiger charge is 2.07. The fraction of sp³-hybridized carbons (Fsp3) is 0.100. The third-order valence-electron chi connectivity index (χ3n) is 1.95. The highest BCUT2D eigenvalue weighted by molar-refractivity contribution is 9.10. The van der Waals surface area contributed by atoms with Crippen LogP contribution in [-0.2, 0) is 6.54 Å². The number of carbonyl (C=O) groups excluding carboxylic acids is 1. The minimum Gasteiger partial charge on any atom is -0.346 e. The van der Waals surface area contributed by atoms with E-state index >= 15 is 0 Å². The summed E-state index contributed by atoms with van der Waals surface area (Å²) < 4.78 is 0.994. The van der Waals surface area contributed by atoms with Crippen LogP contribution in [0.4, 0.5) is 0 Å². The topological polar surface area (TPSA) is 74.8 Å². The first kappa shape index (κ1) is 12.0. The van der Waals surface area contributed by atoms with E-state index in [4.69, 9.17) is 0 Å². The van der Waals surface area contributed by atoms with Crippen LogP contribution in [0.3, 0.4) is 0 Å². The van der Waals surface area contributed by atoms with Crippen LogP contribution in [0.2, 0.25) is 0 Å². The number of carbonyl (C=O) groups is 1. The van der Waals surface area contributed by atoms with E-state index in [9.17, 15) is 9.59 Å². The third-order valence-corrected chi connectivity index (χ3v) is 3.65. The molecule has 0 bridgehead atoms. The van der Waals surface area contributed by atoms with Crippen molar-refractivity contribution >= 4 is 33.2 Å². The molecule has 2 N–H and O–H groups in total. The molecule has 2 aromatic heterocycles. The summed E-state index contributed by atoms with van der Waals surface area (Å²) in [6.45, 7) is 0.440. The zero-order valence-electron chi connectivity index (χ0n) is 8.57. The lowest BCUT2D eigenvalue weighted by Crippen LogP contribution is -2.24. The molecule has 0 aliphatic rings. The third kappa shape index (κ3) is 3.24. The molecule has 88 valence electrons. The Morgan fingerprint density at radius 3 is 3.00 bits per heavy atom. The molecule has 0 saturated heterocycles. The molecule has 5 nitrogen and oxygen atoms in total. The number of nitrogens with zero attached hydrogens (tertiary/aromatic N) is 1. The normalized spacial score (nSPS) is 10.2. The van der Waals surface area contributed by atoms with Crippen LogP contribution in [0.15, 0.2) is 33.1 Å². The Kier molecular flexibility index (Phi) is 3.70. The maximum atomic E-state index is 11.6. The van der Waals surface area contributed by atoms with Crippen LogP contribution in [0, 0.1) is 0 Å². The fourth-order valence-electron chi connectivity index (χ4n) is 1.17. The molecule has 0 aliphatic carbocycles. The molecule has 0 aliphatic heterocycles. The molecule has 0 unspecified atom stereocenters. The standard InChI is InChI=1S/C10H8BrN3O2S/c11-6-1-7(17-5-6)2-14-10(16)8-3-13-9(15)4-12-8/h1,3-5H,2H2,(H,13,15)(H,14,16). The lowest BCUT2D eigenvalue weighted by atomic mass is 10.4. The first-order valence-corrected chi connectivity index (χ1v) is 6.38. The van der Waals surface area contributed by atoms with Gasteiger partial charge in [-0.15, -0.1) is 11.3 Å². The number of hydrogen-bond donors (Lipinski definition) is 2. The SMILES string of the molecule is O=C(NCc1cc(Br)cs1)c1c[nH]c(=O)cn1. The summed E-state index contributed by atoms with van der Waals surface area (Å²) in [5.41, 5.74) is -0.135. The van der Waals surface area contributed by atoms with Gasteiger partial charge in [-0.3, -0.25) is 9.59 Å². The summed E-state index contributed by atoms with van der Waals surface area (Å²) in [4.78, 5) is 29.6. The minimum absolute atomic E-state index is 0.195. The Morgan fingerprint density at radius 1 is 1.59 bits per heavy atom. The predicted molar refractivity (Wildman–Crippen MR) is 68.0 cm³/mol. The van der Waals surface area contributed by atoms with Crippen molar-refractivity contribution in [2.45, 2.75) is 6.54 Å². The number of aromatic nitrogens is 2. The highest BCUT2D eigenvalue weighted by atomic mass is 79.9. The van der Waals surface area contributed by atoms with Crippen molar-refractivity contribution < 1.29 is 4.79 Å². The van der Waals surface area contributed by atoms with Gasteiger partial charge in [0.15, 0.2) is 0 Å². The lowest BCUT2D eigenvalue weighted by molar-refractivity contribution is 0.0946. The Bertz CT molecular complexity index is 573. The van der Waals surface area contributed by atoms with Crippen LogP contribution in [0.1, 0.15) is 15.4 Å². The lowest BCUT2D eigenvalue weighted by Gasteiger charge is -2.01. The van der Waals surface area contributed by atoms with Gasteiger partial charge in [0.2, 0.25) is 0 Å². The van der Waals surface area contributed by atoms with Gasteiger partial charge in [-0.2, -0.15) is 0 Å². The second-order valence-electron chi connectivity index (χ2n) is 3.21. The molecular weight excluding hydrogens is 306 g/mol. The second-order valence-corrected chi connectivity index (χ2v) is 5.12. The molecule has 17 heavy (non-hydrogen) atoms. The van der Waals surface area contributed by atoms with Crippen molar-refractivity contribution in [2.75, 3.05) is 0 Å². The van der Waals surface area contributed by atoms with E-state index in [1.54, 1.807) is 11.3 Å². The molecule has 1 amide bonds. The van der Waals surface area contributed by atoms with Gasteiger partial charge in [0, 0.05) is 20.9 Å². The molecule has 0 saturated carbocycles. The average Bonchev–Trinajstić information content (AvgIpc) is 2.73. The van der Waals surface area contributed by atoms with Crippen LogP contribution in [-0.4, -0.2) is 15.9 Å². The number of amides is 1. The second kappa shape index (κ2) is 5.24. The van der Waals surface area contributed by atoms with E-state index in [2.05, 4.69) is 31.2 Å². The zero-order chi connectivity index (χ0) is 12.3. The number of nitrogens with one attached hydrogen (secondary N) is 2. The number of thiophene rings is 1. The first-order chi connectivity index (χ1) is 8.15. The predicted octanol–water partition coefficient (Wildman–Crippen LogP) is 1.52.